The number of hydrogen-bond acceptors (Lipinski definition) is 7. The third-order valence-corrected chi connectivity index (χ3v) is 5.43. The Bertz CT molecular complexity index is 876. The molecule has 1 aromatic carbocycles. The van der Waals surface area contributed by atoms with Crippen molar-refractivity contribution in [2.45, 2.75) is 12.8 Å². The molecular formula is C18H21N5O4S. The molecule has 9 nitrogen and oxygen atoms in total. The average molecular weight is 403 g/mol. The molecule has 1 aromatic heterocycles. The van der Waals surface area contributed by atoms with Crippen LogP contribution in [0.2, 0.25) is 0 Å². The topological polar surface area (TPSA) is 117 Å². The number of carbonyl (C=O) groups excluding carboxylic acids is 2. The fourth-order valence-corrected chi connectivity index (χ4v) is 3.90. The summed E-state index contributed by atoms with van der Waals surface area (Å²) in [6.45, 7) is 1.64. The summed E-state index contributed by atoms with van der Waals surface area (Å²) in [4.78, 5) is 40.8. The lowest BCUT2D eigenvalue weighted by Gasteiger charge is -2.30. The number of nitro groups is 1. The smallest absolute Gasteiger partial charge is 0.270 e. The van der Waals surface area contributed by atoms with Crippen LogP contribution in [0.5, 0.6) is 0 Å². The number of likely N-dealkylation sites (tertiary alicyclic amines) is 1. The second-order valence-corrected chi connectivity index (χ2v) is 7.42. The number of nitrogens with zero attached hydrogens (tertiary/aromatic N) is 3. The van der Waals surface area contributed by atoms with Crippen LogP contribution in [0.25, 0.3) is 11.3 Å². The highest BCUT2D eigenvalue weighted by molar-refractivity contribution is 7.14. The first-order valence-electron chi connectivity index (χ1n) is 8.90. The molecule has 0 unspecified atom stereocenters. The van der Waals surface area contributed by atoms with Crippen molar-refractivity contribution in [3.05, 3.63) is 39.8 Å². The largest absolute Gasteiger partial charge is 0.359 e. The van der Waals surface area contributed by atoms with Gasteiger partial charge in [-0.25, -0.2) is 4.98 Å². The van der Waals surface area contributed by atoms with E-state index in [1.165, 1.54) is 23.5 Å². The van der Waals surface area contributed by atoms with Crippen molar-refractivity contribution < 1.29 is 14.5 Å². The van der Waals surface area contributed by atoms with Crippen molar-refractivity contribution in [2.24, 2.45) is 5.92 Å². The van der Waals surface area contributed by atoms with Crippen molar-refractivity contribution in [3.8, 4) is 11.3 Å². The third-order valence-electron chi connectivity index (χ3n) is 4.68. The molecule has 1 fully saturated rings. The van der Waals surface area contributed by atoms with Crippen molar-refractivity contribution in [1.82, 2.24) is 15.2 Å². The number of hydrogen-bond donors (Lipinski definition) is 2. The monoisotopic (exact) mass is 403 g/mol. The summed E-state index contributed by atoms with van der Waals surface area (Å²) in [7, 11) is 1.64. The molecule has 1 aliphatic rings. The van der Waals surface area contributed by atoms with Crippen LogP contribution < -0.4 is 10.6 Å². The van der Waals surface area contributed by atoms with E-state index >= 15 is 0 Å². The molecule has 2 amide bonds. The van der Waals surface area contributed by atoms with Crippen LogP contribution >= 0.6 is 11.3 Å². The summed E-state index contributed by atoms with van der Waals surface area (Å²) in [6.07, 6.45) is 1.47. The van der Waals surface area contributed by atoms with Crippen molar-refractivity contribution in [3.63, 3.8) is 0 Å². The lowest BCUT2D eigenvalue weighted by molar-refractivity contribution is -0.384. The van der Waals surface area contributed by atoms with Gasteiger partial charge in [0.05, 0.1) is 17.2 Å². The maximum Gasteiger partial charge on any atom is 0.270 e. The van der Waals surface area contributed by atoms with Crippen molar-refractivity contribution >= 4 is 34.0 Å². The van der Waals surface area contributed by atoms with Crippen LogP contribution in [-0.4, -0.2) is 53.3 Å². The van der Waals surface area contributed by atoms with E-state index in [0.717, 1.165) is 12.8 Å². The number of nitro benzene ring substituents is 1. The van der Waals surface area contributed by atoms with Crippen LogP contribution in [0, 0.1) is 16.0 Å². The fourth-order valence-electron chi connectivity index (χ4n) is 3.16. The summed E-state index contributed by atoms with van der Waals surface area (Å²) < 4.78 is 0. The van der Waals surface area contributed by atoms with Crippen molar-refractivity contribution in [1.29, 1.82) is 0 Å². The van der Waals surface area contributed by atoms with Crippen LogP contribution in [0.1, 0.15) is 12.8 Å². The van der Waals surface area contributed by atoms with Crippen molar-refractivity contribution in [2.75, 3.05) is 32.0 Å². The Morgan fingerprint density at radius 3 is 2.79 bits per heavy atom. The van der Waals surface area contributed by atoms with Gasteiger partial charge in [-0.2, -0.15) is 0 Å². The number of thiazole rings is 1. The molecule has 0 bridgehead atoms. The summed E-state index contributed by atoms with van der Waals surface area (Å²) >= 11 is 1.27. The van der Waals surface area contributed by atoms with Gasteiger partial charge < -0.3 is 10.6 Å². The molecule has 2 N–H and O–H groups in total. The minimum Gasteiger partial charge on any atom is -0.359 e. The molecule has 0 radical (unpaired) electrons. The highest BCUT2D eigenvalue weighted by Crippen LogP contribution is 2.27. The van der Waals surface area contributed by atoms with E-state index in [1.54, 1.807) is 24.6 Å². The van der Waals surface area contributed by atoms with Gasteiger partial charge >= 0.3 is 0 Å². The number of carbonyl (C=O) groups is 2. The first kappa shape index (κ1) is 19.9. The number of piperidine rings is 1. The van der Waals surface area contributed by atoms with Gasteiger partial charge in [-0.05, 0) is 25.9 Å². The lowest BCUT2D eigenvalue weighted by Crippen LogP contribution is -2.42. The molecule has 10 heteroatoms. The first-order valence-corrected chi connectivity index (χ1v) is 9.78. The Labute approximate surface area is 165 Å². The zero-order valence-electron chi connectivity index (χ0n) is 15.4. The molecule has 148 valence electrons. The Balaban J connectivity index is 1.54. The number of aromatic nitrogens is 1. The van der Waals surface area contributed by atoms with E-state index in [9.17, 15) is 19.7 Å². The van der Waals surface area contributed by atoms with Crippen LogP contribution in [0.15, 0.2) is 29.6 Å². The molecule has 0 spiro atoms. The number of benzene rings is 1. The summed E-state index contributed by atoms with van der Waals surface area (Å²) in [5.74, 6) is -0.0975. The number of non-ortho nitro benzene ring substituents is 1. The van der Waals surface area contributed by atoms with Gasteiger partial charge in [0.2, 0.25) is 11.8 Å². The molecule has 0 saturated carbocycles. The Hall–Kier alpha value is -2.85. The first-order chi connectivity index (χ1) is 13.5. The Kier molecular flexibility index (Phi) is 6.32. The molecule has 1 saturated heterocycles. The van der Waals surface area contributed by atoms with Gasteiger partial charge in [-0.1, -0.05) is 12.1 Å². The average Bonchev–Trinajstić information content (AvgIpc) is 3.16. The predicted molar refractivity (Wildman–Crippen MR) is 106 cm³/mol. The normalized spacial score (nSPS) is 15.2. The van der Waals surface area contributed by atoms with Gasteiger partial charge in [-0.15, -0.1) is 11.3 Å². The van der Waals surface area contributed by atoms with Gasteiger partial charge in [0.15, 0.2) is 5.13 Å². The van der Waals surface area contributed by atoms with Gasteiger partial charge in [0, 0.05) is 36.0 Å². The number of anilines is 1. The minimum atomic E-state index is -0.453. The maximum absolute atomic E-state index is 12.3. The summed E-state index contributed by atoms with van der Waals surface area (Å²) in [6, 6.07) is 6.22. The van der Waals surface area contributed by atoms with Crippen LogP contribution in [0.4, 0.5) is 10.8 Å². The zero-order valence-corrected chi connectivity index (χ0v) is 16.2. The Morgan fingerprint density at radius 2 is 2.11 bits per heavy atom. The number of rotatable bonds is 6. The predicted octanol–water partition coefficient (Wildman–Crippen LogP) is 2.11. The molecule has 0 atom stereocenters. The van der Waals surface area contributed by atoms with Crippen LogP contribution in [0.3, 0.4) is 0 Å². The molecule has 2 aromatic rings. The fraction of sp³-hybridized carbons (Fsp3) is 0.389. The zero-order chi connectivity index (χ0) is 20.1. The highest BCUT2D eigenvalue weighted by Gasteiger charge is 2.25. The molecular weight excluding hydrogens is 382 g/mol. The van der Waals surface area contributed by atoms with E-state index in [4.69, 9.17) is 0 Å². The number of nitrogens with one attached hydrogen (secondary N) is 2. The Morgan fingerprint density at radius 1 is 1.36 bits per heavy atom. The summed E-state index contributed by atoms with van der Waals surface area (Å²) in [5.41, 5.74) is 1.20. The molecule has 3 rings (SSSR count). The molecule has 1 aliphatic heterocycles. The van der Waals surface area contributed by atoms with Gasteiger partial charge in [0.1, 0.15) is 0 Å². The van der Waals surface area contributed by atoms with E-state index < -0.39 is 4.92 Å². The number of amides is 2. The van der Waals surface area contributed by atoms with E-state index in [0.29, 0.717) is 29.5 Å². The molecule has 28 heavy (non-hydrogen) atoms. The second-order valence-electron chi connectivity index (χ2n) is 6.56. The molecule has 2 heterocycles. The van der Waals surface area contributed by atoms with Gasteiger partial charge in [-0.3, -0.25) is 24.6 Å². The van der Waals surface area contributed by atoms with E-state index in [2.05, 4.69) is 15.6 Å². The second kappa shape index (κ2) is 8.89. The minimum absolute atomic E-state index is 0.00348. The molecule has 0 aliphatic carbocycles. The van der Waals surface area contributed by atoms with E-state index in [1.807, 2.05) is 4.90 Å². The SMILES string of the molecule is CNC(=O)C1CCN(CC(=O)Nc2nc(-c3cccc([N+](=O)[O-])c3)cs2)CC1. The maximum atomic E-state index is 12.3. The third kappa shape index (κ3) is 4.90. The van der Waals surface area contributed by atoms with Crippen LogP contribution in [-0.2, 0) is 9.59 Å². The standard InChI is InChI=1S/C18H21N5O4S/c1-19-17(25)12-5-7-22(8-6-12)10-16(24)21-18-20-15(11-28-18)13-3-2-4-14(9-13)23(26)27/h2-4,9,11-12H,5-8,10H2,1H3,(H,19,25)(H,20,21,24). The quantitative estimate of drug-likeness (QED) is 0.563. The highest BCUT2D eigenvalue weighted by atomic mass is 32.1. The van der Waals surface area contributed by atoms with E-state index in [-0.39, 0.29) is 30.0 Å². The summed E-state index contributed by atoms with van der Waals surface area (Å²) in [5, 5.41) is 18.6. The van der Waals surface area contributed by atoms with Gasteiger partial charge in [0.25, 0.3) is 5.69 Å². The lowest BCUT2D eigenvalue weighted by atomic mass is 9.96.